The summed E-state index contributed by atoms with van der Waals surface area (Å²) in [5.74, 6) is -0.906. The van der Waals surface area contributed by atoms with Crippen LogP contribution in [0.3, 0.4) is 0 Å². The number of benzene rings is 1. The average Bonchev–Trinajstić information content (AvgIpc) is 2.14. The summed E-state index contributed by atoms with van der Waals surface area (Å²) < 4.78 is 2.65. The van der Waals surface area contributed by atoms with E-state index in [1.54, 1.807) is 12.1 Å². The molecule has 1 aromatic rings. The van der Waals surface area contributed by atoms with E-state index in [4.69, 9.17) is 34.8 Å². The van der Waals surface area contributed by atoms with Gasteiger partial charge in [-0.05, 0) is 12.1 Å². The lowest BCUT2D eigenvalue weighted by molar-refractivity contribution is -0.132. The van der Waals surface area contributed by atoms with Gasteiger partial charge in [0.05, 0.1) is 12.0 Å². The average molecular weight is 272 g/mol. The third kappa shape index (κ3) is 3.96. The van der Waals surface area contributed by atoms with Crippen LogP contribution in [0.25, 0.3) is 0 Å². The van der Waals surface area contributed by atoms with Crippen LogP contribution in [0.2, 0.25) is 0 Å². The lowest BCUT2D eigenvalue weighted by Gasteiger charge is -2.08. The first-order valence-electron chi connectivity index (χ1n) is 3.51. The second kappa shape index (κ2) is 5.12. The quantitative estimate of drug-likeness (QED) is 0.607. The maximum absolute atomic E-state index is 11.0. The second-order valence-corrected chi connectivity index (χ2v) is 5.35. The van der Waals surface area contributed by atoms with E-state index in [2.05, 4.69) is 4.18 Å². The Kier molecular flexibility index (Phi) is 4.38. The molecule has 1 rings (SSSR count). The van der Waals surface area contributed by atoms with Crippen molar-refractivity contribution in [3.05, 3.63) is 30.3 Å². The van der Waals surface area contributed by atoms with Crippen LogP contribution in [0.1, 0.15) is 0 Å². The Balaban J connectivity index is 2.46. The van der Waals surface area contributed by atoms with Crippen molar-refractivity contribution in [1.29, 1.82) is 0 Å². The topological polar surface area (TPSA) is 26.3 Å². The fourth-order valence-corrected chi connectivity index (χ4v) is 1.43. The van der Waals surface area contributed by atoms with E-state index >= 15 is 0 Å². The highest BCUT2D eigenvalue weighted by molar-refractivity contribution is 7.95. The molecule has 0 bridgehead atoms. The molecule has 6 heteroatoms. The predicted octanol–water partition coefficient (Wildman–Crippen LogP) is 3.61. The number of halogens is 3. The summed E-state index contributed by atoms with van der Waals surface area (Å²) in [6.45, 7) is 0. The molecule has 0 saturated carbocycles. The van der Waals surface area contributed by atoms with E-state index in [-0.39, 0.29) is 0 Å². The van der Waals surface area contributed by atoms with Crippen molar-refractivity contribution in [2.75, 3.05) is 0 Å². The van der Waals surface area contributed by atoms with Gasteiger partial charge in [0, 0.05) is 4.90 Å². The van der Waals surface area contributed by atoms with Crippen molar-refractivity contribution in [1.82, 2.24) is 0 Å². The van der Waals surface area contributed by atoms with Crippen molar-refractivity contribution >= 4 is 52.8 Å². The predicted molar refractivity (Wildman–Crippen MR) is 58.7 cm³/mol. The third-order valence-corrected chi connectivity index (χ3v) is 2.35. The summed E-state index contributed by atoms with van der Waals surface area (Å²) in [6.07, 6.45) is 0. The zero-order chi connectivity index (χ0) is 10.6. The van der Waals surface area contributed by atoms with Gasteiger partial charge in [-0.2, -0.15) is 0 Å². The van der Waals surface area contributed by atoms with Gasteiger partial charge in [0.25, 0.3) is 3.79 Å². The van der Waals surface area contributed by atoms with Crippen LogP contribution in [-0.2, 0) is 8.98 Å². The monoisotopic (exact) mass is 270 g/mol. The van der Waals surface area contributed by atoms with Crippen molar-refractivity contribution < 1.29 is 8.98 Å². The minimum Gasteiger partial charge on any atom is -0.383 e. The van der Waals surface area contributed by atoms with Gasteiger partial charge in [0.2, 0.25) is 0 Å². The van der Waals surface area contributed by atoms with Crippen molar-refractivity contribution in [3.63, 3.8) is 0 Å². The molecule has 0 N–H and O–H groups in total. The van der Waals surface area contributed by atoms with Crippen LogP contribution in [0.5, 0.6) is 0 Å². The standard InChI is InChI=1S/C8H5Cl3O2S/c9-8(10,11)7(12)13-14-6-4-2-1-3-5-6/h1-5H. The summed E-state index contributed by atoms with van der Waals surface area (Å²) in [7, 11) is 0. The molecule has 0 heterocycles. The molecule has 0 spiro atoms. The van der Waals surface area contributed by atoms with Gasteiger partial charge >= 0.3 is 5.97 Å². The molecule has 1 aromatic carbocycles. The lowest BCUT2D eigenvalue weighted by Crippen LogP contribution is -2.19. The van der Waals surface area contributed by atoms with Crippen molar-refractivity contribution in [2.45, 2.75) is 8.69 Å². The summed E-state index contributed by atoms with van der Waals surface area (Å²) in [4.78, 5) is 11.8. The smallest absolute Gasteiger partial charge is 0.370 e. The van der Waals surface area contributed by atoms with Crippen LogP contribution >= 0.6 is 46.8 Å². The van der Waals surface area contributed by atoms with Crippen LogP contribution in [-0.4, -0.2) is 9.76 Å². The molecule has 0 aliphatic carbocycles. The zero-order valence-electron chi connectivity index (χ0n) is 6.75. The second-order valence-electron chi connectivity index (χ2n) is 2.26. The first-order valence-corrected chi connectivity index (χ1v) is 5.38. The third-order valence-electron chi connectivity index (χ3n) is 1.19. The van der Waals surface area contributed by atoms with Crippen LogP contribution in [0.15, 0.2) is 35.2 Å². The number of hydrogen-bond acceptors (Lipinski definition) is 3. The van der Waals surface area contributed by atoms with Gasteiger partial charge in [-0.15, -0.1) is 0 Å². The Bertz CT molecular complexity index is 310. The summed E-state index contributed by atoms with van der Waals surface area (Å²) in [5, 5.41) is 0. The highest BCUT2D eigenvalue weighted by Crippen LogP contribution is 2.30. The SMILES string of the molecule is O=C(OSc1ccccc1)C(Cl)(Cl)Cl. The Hall–Kier alpha value is -0.0900. The molecule has 0 aliphatic heterocycles. The maximum Gasteiger partial charge on any atom is 0.370 e. The van der Waals surface area contributed by atoms with Gasteiger partial charge in [-0.3, -0.25) is 0 Å². The van der Waals surface area contributed by atoms with E-state index in [1.165, 1.54) is 0 Å². The highest BCUT2D eigenvalue weighted by Gasteiger charge is 2.33. The van der Waals surface area contributed by atoms with Gasteiger partial charge in [0.1, 0.15) is 0 Å². The number of carbonyl (C=O) groups excluding carboxylic acids is 1. The molecule has 0 aromatic heterocycles. The van der Waals surface area contributed by atoms with Crippen LogP contribution in [0.4, 0.5) is 0 Å². The molecular weight excluding hydrogens is 267 g/mol. The van der Waals surface area contributed by atoms with E-state index < -0.39 is 9.76 Å². The normalized spacial score (nSPS) is 11.1. The number of hydrogen-bond donors (Lipinski definition) is 0. The fraction of sp³-hybridized carbons (Fsp3) is 0.125. The Morgan fingerprint density at radius 3 is 2.29 bits per heavy atom. The molecule has 0 aliphatic rings. The molecule has 76 valence electrons. The maximum atomic E-state index is 11.0. The molecule has 0 unspecified atom stereocenters. The van der Waals surface area contributed by atoms with Gasteiger partial charge < -0.3 is 4.18 Å². The summed E-state index contributed by atoms with van der Waals surface area (Å²) in [5.41, 5.74) is 0. The Labute approximate surface area is 101 Å². The van der Waals surface area contributed by atoms with E-state index in [1.807, 2.05) is 18.2 Å². The number of rotatable bonds is 2. The molecule has 0 radical (unpaired) electrons. The lowest BCUT2D eigenvalue weighted by atomic mass is 10.4. The molecular formula is C8H5Cl3O2S. The molecule has 2 nitrogen and oxygen atoms in total. The van der Waals surface area contributed by atoms with E-state index in [0.29, 0.717) is 0 Å². The fourth-order valence-electron chi connectivity index (χ4n) is 0.609. The molecule has 0 amide bonds. The van der Waals surface area contributed by atoms with Crippen LogP contribution in [0, 0.1) is 0 Å². The van der Waals surface area contributed by atoms with Gasteiger partial charge in [-0.25, -0.2) is 4.79 Å². The van der Waals surface area contributed by atoms with Crippen molar-refractivity contribution in [2.24, 2.45) is 0 Å². The first kappa shape index (κ1) is 12.0. The molecule has 0 saturated heterocycles. The number of carbonyl (C=O) groups is 1. The largest absolute Gasteiger partial charge is 0.383 e. The zero-order valence-corrected chi connectivity index (χ0v) is 9.83. The summed E-state index contributed by atoms with van der Waals surface area (Å²) in [6, 6.07) is 9.02. The molecule has 14 heavy (non-hydrogen) atoms. The molecule has 0 fully saturated rings. The Morgan fingerprint density at radius 1 is 1.21 bits per heavy atom. The van der Waals surface area contributed by atoms with E-state index in [0.717, 1.165) is 16.9 Å². The Morgan fingerprint density at radius 2 is 1.79 bits per heavy atom. The first-order chi connectivity index (χ1) is 6.50. The van der Waals surface area contributed by atoms with Crippen LogP contribution < -0.4 is 0 Å². The number of alkyl halides is 3. The minimum atomic E-state index is -2.03. The summed E-state index contributed by atoms with van der Waals surface area (Å²) >= 11 is 16.7. The highest BCUT2D eigenvalue weighted by atomic mass is 35.6. The van der Waals surface area contributed by atoms with Gasteiger partial charge in [-0.1, -0.05) is 53.0 Å². The van der Waals surface area contributed by atoms with Gasteiger partial charge in [0.15, 0.2) is 0 Å². The molecule has 0 atom stereocenters. The minimum absolute atomic E-state index is 0.759. The van der Waals surface area contributed by atoms with Crippen molar-refractivity contribution in [3.8, 4) is 0 Å². The van der Waals surface area contributed by atoms with E-state index in [9.17, 15) is 4.79 Å².